The van der Waals surface area contributed by atoms with Crippen LogP contribution in [0.1, 0.15) is 6.42 Å². The molecule has 2 N–H and O–H groups in total. The van der Waals surface area contributed by atoms with Crippen molar-refractivity contribution in [2.75, 3.05) is 26.2 Å². The summed E-state index contributed by atoms with van der Waals surface area (Å²) in [5, 5.41) is 11.8. The summed E-state index contributed by atoms with van der Waals surface area (Å²) in [5.41, 5.74) is 0. The van der Waals surface area contributed by atoms with Gasteiger partial charge in [0.1, 0.15) is 0 Å². The normalized spacial score (nSPS) is 18.9. The zero-order valence-corrected chi connectivity index (χ0v) is 6.14. The molecule has 10 heavy (non-hydrogen) atoms. The molecule has 0 aliphatic carbocycles. The molecule has 0 amide bonds. The van der Waals surface area contributed by atoms with Gasteiger partial charge in [0, 0.05) is 19.6 Å². The fourth-order valence-electron chi connectivity index (χ4n) is 1.12. The van der Waals surface area contributed by atoms with Gasteiger partial charge in [0.25, 0.3) is 0 Å². The molecule has 3 heteroatoms. The molecule has 0 aromatic carbocycles. The quantitative estimate of drug-likeness (QED) is 0.558. The van der Waals surface area contributed by atoms with Crippen LogP contribution in [0.3, 0.4) is 0 Å². The Morgan fingerprint density at radius 1 is 1.70 bits per heavy atom. The second-order valence-electron chi connectivity index (χ2n) is 2.44. The fraction of sp³-hybridized carbons (Fsp3) is 0.714. The lowest BCUT2D eigenvalue weighted by molar-refractivity contribution is 0.204. The lowest BCUT2D eigenvalue weighted by atomic mass is 10.3. The zero-order chi connectivity index (χ0) is 7.40. The maximum Gasteiger partial charge on any atom is 0.0939 e. The van der Waals surface area contributed by atoms with E-state index >= 15 is 0 Å². The van der Waals surface area contributed by atoms with Gasteiger partial charge in [-0.3, -0.25) is 0 Å². The number of rotatable bonds is 2. The van der Waals surface area contributed by atoms with Crippen LogP contribution in [0.4, 0.5) is 0 Å². The summed E-state index contributed by atoms with van der Waals surface area (Å²) in [5.74, 6) is 0.945. The van der Waals surface area contributed by atoms with Crippen molar-refractivity contribution in [3.63, 3.8) is 0 Å². The summed E-state index contributed by atoms with van der Waals surface area (Å²) in [6, 6.07) is 0. The summed E-state index contributed by atoms with van der Waals surface area (Å²) in [4.78, 5) is 2.06. The Kier molecular flexibility index (Phi) is 2.57. The summed E-state index contributed by atoms with van der Waals surface area (Å²) in [7, 11) is 0. The third-order valence-corrected chi connectivity index (χ3v) is 1.69. The van der Waals surface area contributed by atoms with Gasteiger partial charge in [-0.1, -0.05) is 6.58 Å². The average Bonchev–Trinajstić information content (AvgIpc) is 1.94. The Morgan fingerprint density at radius 2 is 2.50 bits per heavy atom. The molecule has 1 saturated heterocycles. The van der Waals surface area contributed by atoms with Gasteiger partial charge in [0.15, 0.2) is 0 Å². The number of hydrogen-bond acceptors (Lipinski definition) is 3. The van der Waals surface area contributed by atoms with Crippen LogP contribution in [0.5, 0.6) is 0 Å². The van der Waals surface area contributed by atoms with Gasteiger partial charge in [0.05, 0.1) is 12.4 Å². The largest absolute Gasteiger partial charge is 0.395 e. The van der Waals surface area contributed by atoms with Crippen LogP contribution < -0.4 is 5.32 Å². The van der Waals surface area contributed by atoms with Crippen molar-refractivity contribution in [2.24, 2.45) is 0 Å². The molecule has 0 atom stereocenters. The minimum atomic E-state index is 0.209. The minimum Gasteiger partial charge on any atom is -0.395 e. The van der Waals surface area contributed by atoms with E-state index in [1.54, 1.807) is 0 Å². The average molecular weight is 142 g/mol. The molecule has 0 spiro atoms. The molecule has 0 unspecified atom stereocenters. The van der Waals surface area contributed by atoms with Crippen LogP contribution in [-0.4, -0.2) is 36.2 Å². The Bertz CT molecular complexity index is 123. The van der Waals surface area contributed by atoms with Gasteiger partial charge in [-0.15, -0.1) is 0 Å². The van der Waals surface area contributed by atoms with Crippen molar-refractivity contribution < 1.29 is 5.11 Å². The number of hydrogen-bond donors (Lipinski definition) is 2. The molecular weight excluding hydrogens is 128 g/mol. The lowest BCUT2D eigenvalue weighted by Gasteiger charge is -2.31. The first-order valence-electron chi connectivity index (χ1n) is 3.63. The number of nitrogens with zero attached hydrogens (tertiary/aromatic N) is 1. The topological polar surface area (TPSA) is 35.5 Å². The highest BCUT2D eigenvalue weighted by molar-refractivity contribution is 4.94. The number of aliphatic hydroxyl groups excluding tert-OH is 1. The standard InChI is InChI=1S/C7H14N2O/c1-7-8-3-2-4-9(7)5-6-10/h8,10H,1-6H2. The molecule has 1 rings (SSSR count). The summed E-state index contributed by atoms with van der Waals surface area (Å²) in [6.07, 6.45) is 1.14. The minimum absolute atomic E-state index is 0.209. The van der Waals surface area contributed by atoms with Crippen LogP contribution in [0.15, 0.2) is 12.4 Å². The Hall–Kier alpha value is -0.700. The molecule has 58 valence electrons. The van der Waals surface area contributed by atoms with E-state index in [1.807, 2.05) is 0 Å². The van der Waals surface area contributed by atoms with Crippen molar-refractivity contribution in [2.45, 2.75) is 6.42 Å². The monoisotopic (exact) mass is 142 g/mol. The highest BCUT2D eigenvalue weighted by Crippen LogP contribution is 2.03. The number of aliphatic hydroxyl groups is 1. The molecular formula is C7H14N2O. The van der Waals surface area contributed by atoms with Crippen LogP contribution in [0, 0.1) is 0 Å². The van der Waals surface area contributed by atoms with E-state index in [0.717, 1.165) is 25.3 Å². The Balaban J connectivity index is 2.32. The van der Waals surface area contributed by atoms with Gasteiger partial charge in [-0.25, -0.2) is 0 Å². The summed E-state index contributed by atoms with van der Waals surface area (Å²) in [6.45, 7) is 6.76. The van der Waals surface area contributed by atoms with Crippen molar-refractivity contribution in [1.82, 2.24) is 10.2 Å². The summed E-state index contributed by atoms with van der Waals surface area (Å²) < 4.78 is 0. The van der Waals surface area contributed by atoms with E-state index in [9.17, 15) is 0 Å². The van der Waals surface area contributed by atoms with E-state index in [1.165, 1.54) is 0 Å². The third kappa shape index (κ3) is 1.64. The Labute approximate surface area is 61.3 Å². The first kappa shape index (κ1) is 7.41. The SMILES string of the molecule is C=C1NCCCN1CCO. The van der Waals surface area contributed by atoms with Crippen LogP contribution in [0.2, 0.25) is 0 Å². The van der Waals surface area contributed by atoms with E-state index in [0.29, 0.717) is 6.54 Å². The van der Waals surface area contributed by atoms with Gasteiger partial charge >= 0.3 is 0 Å². The zero-order valence-electron chi connectivity index (χ0n) is 6.14. The highest BCUT2D eigenvalue weighted by Gasteiger charge is 2.10. The van der Waals surface area contributed by atoms with Crippen molar-refractivity contribution >= 4 is 0 Å². The van der Waals surface area contributed by atoms with Crippen molar-refractivity contribution in [3.05, 3.63) is 12.4 Å². The highest BCUT2D eigenvalue weighted by atomic mass is 16.3. The van der Waals surface area contributed by atoms with Gasteiger partial charge in [-0.2, -0.15) is 0 Å². The van der Waals surface area contributed by atoms with Crippen LogP contribution >= 0.6 is 0 Å². The third-order valence-electron chi connectivity index (χ3n) is 1.69. The van der Waals surface area contributed by atoms with E-state index in [-0.39, 0.29) is 6.61 Å². The fourth-order valence-corrected chi connectivity index (χ4v) is 1.12. The smallest absolute Gasteiger partial charge is 0.0939 e. The van der Waals surface area contributed by atoms with Crippen LogP contribution in [-0.2, 0) is 0 Å². The molecule has 1 heterocycles. The molecule has 0 aromatic rings. The number of β-amino-alcohol motifs (C(OH)–C–C–N with tert-alkyl or cyclic N) is 1. The van der Waals surface area contributed by atoms with E-state index in [2.05, 4.69) is 16.8 Å². The van der Waals surface area contributed by atoms with Crippen molar-refractivity contribution in [3.8, 4) is 0 Å². The van der Waals surface area contributed by atoms with Crippen LogP contribution in [0.25, 0.3) is 0 Å². The maximum absolute atomic E-state index is 8.63. The van der Waals surface area contributed by atoms with Gasteiger partial charge in [-0.05, 0) is 6.42 Å². The lowest BCUT2D eigenvalue weighted by Crippen LogP contribution is -2.40. The van der Waals surface area contributed by atoms with E-state index < -0.39 is 0 Å². The molecule has 1 aliphatic heterocycles. The summed E-state index contributed by atoms with van der Waals surface area (Å²) >= 11 is 0. The first-order chi connectivity index (χ1) is 4.84. The second-order valence-corrected chi connectivity index (χ2v) is 2.44. The van der Waals surface area contributed by atoms with Crippen molar-refractivity contribution in [1.29, 1.82) is 0 Å². The molecule has 0 saturated carbocycles. The van der Waals surface area contributed by atoms with Gasteiger partial charge < -0.3 is 15.3 Å². The number of nitrogens with one attached hydrogen (secondary N) is 1. The van der Waals surface area contributed by atoms with Gasteiger partial charge in [0.2, 0.25) is 0 Å². The molecule has 1 aliphatic rings. The second kappa shape index (κ2) is 3.46. The molecule has 0 aromatic heterocycles. The maximum atomic E-state index is 8.63. The predicted molar refractivity (Wildman–Crippen MR) is 40.4 cm³/mol. The molecule has 0 bridgehead atoms. The predicted octanol–water partition coefficient (Wildman–Crippen LogP) is -0.255. The first-order valence-corrected chi connectivity index (χ1v) is 3.63. The molecule has 1 fully saturated rings. The molecule has 3 nitrogen and oxygen atoms in total. The van der Waals surface area contributed by atoms with E-state index in [4.69, 9.17) is 5.11 Å². The Morgan fingerprint density at radius 3 is 3.10 bits per heavy atom. The molecule has 0 radical (unpaired) electrons.